The smallest absolute Gasteiger partial charge is 0.258 e. The highest BCUT2D eigenvalue weighted by molar-refractivity contribution is 9.10. The lowest BCUT2D eigenvalue weighted by atomic mass is 10.4. The molecule has 0 aliphatic carbocycles. The van der Waals surface area contributed by atoms with E-state index in [1.165, 1.54) is 0 Å². The standard InChI is InChI=1S/C5H2BrFN2O2/c6-5-4(7)3(9(10)11)1-2-8-5/h1-2H. The molecule has 0 N–H and O–H groups in total. The van der Waals surface area contributed by atoms with Crippen molar-refractivity contribution in [3.63, 3.8) is 0 Å². The van der Waals surface area contributed by atoms with E-state index in [2.05, 4.69) is 20.9 Å². The molecule has 58 valence electrons. The van der Waals surface area contributed by atoms with Gasteiger partial charge in [-0.25, -0.2) is 4.98 Å². The third-order valence-electron chi connectivity index (χ3n) is 1.02. The van der Waals surface area contributed by atoms with Gasteiger partial charge in [-0.1, -0.05) is 0 Å². The Kier molecular flexibility index (Phi) is 2.13. The lowest BCUT2D eigenvalue weighted by Crippen LogP contribution is -1.93. The summed E-state index contributed by atoms with van der Waals surface area (Å²) in [6, 6.07) is 1.00. The highest BCUT2D eigenvalue weighted by Crippen LogP contribution is 2.21. The molecule has 4 nitrogen and oxygen atoms in total. The van der Waals surface area contributed by atoms with Crippen molar-refractivity contribution in [3.05, 3.63) is 32.8 Å². The molecular formula is C5H2BrFN2O2. The summed E-state index contributed by atoms with van der Waals surface area (Å²) in [4.78, 5) is 12.7. The Morgan fingerprint density at radius 1 is 1.73 bits per heavy atom. The Labute approximate surface area is 69.3 Å². The molecule has 0 saturated carbocycles. The molecule has 0 fully saturated rings. The number of nitrogens with zero attached hydrogens (tertiary/aromatic N) is 2. The summed E-state index contributed by atoms with van der Waals surface area (Å²) < 4.78 is 12.6. The number of aromatic nitrogens is 1. The van der Waals surface area contributed by atoms with Crippen LogP contribution in [0.15, 0.2) is 16.9 Å². The van der Waals surface area contributed by atoms with Crippen LogP contribution in [0, 0.1) is 15.9 Å². The maximum atomic E-state index is 12.7. The zero-order valence-electron chi connectivity index (χ0n) is 5.12. The van der Waals surface area contributed by atoms with Crippen LogP contribution < -0.4 is 0 Å². The molecule has 11 heavy (non-hydrogen) atoms. The minimum absolute atomic E-state index is 0.147. The molecule has 0 amide bonds. The Bertz CT molecular complexity index is 305. The fourth-order valence-corrected chi connectivity index (χ4v) is 0.871. The van der Waals surface area contributed by atoms with E-state index < -0.39 is 16.4 Å². The van der Waals surface area contributed by atoms with E-state index in [0.717, 1.165) is 12.3 Å². The van der Waals surface area contributed by atoms with Gasteiger partial charge in [0, 0.05) is 12.3 Å². The quantitative estimate of drug-likeness (QED) is 0.413. The first-order valence-electron chi connectivity index (χ1n) is 2.57. The van der Waals surface area contributed by atoms with Crippen LogP contribution in [0.3, 0.4) is 0 Å². The number of hydrogen-bond acceptors (Lipinski definition) is 3. The fourth-order valence-electron chi connectivity index (χ4n) is 0.550. The van der Waals surface area contributed by atoms with Crippen LogP contribution in [0.5, 0.6) is 0 Å². The van der Waals surface area contributed by atoms with E-state index in [1.54, 1.807) is 0 Å². The van der Waals surface area contributed by atoms with Crippen LogP contribution in [-0.2, 0) is 0 Å². The first kappa shape index (κ1) is 8.06. The SMILES string of the molecule is O=[N+]([O-])c1ccnc(Br)c1F. The predicted molar refractivity (Wildman–Crippen MR) is 38.5 cm³/mol. The molecule has 0 unspecified atom stereocenters. The number of rotatable bonds is 1. The Balaban J connectivity index is 3.27. The van der Waals surface area contributed by atoms with Crippen LogP contribution in [0.1, 0.15) is 0 Å². The van der Waals surface area contributed by atoms with Gasteiger partial charge in [0.15, 0.2) is 0 Å². The molecular weight excluding hydrogens is 219 g/mol. The van der Waals surface area contributed by atoms with Crippen LogP contribution in [-0.4, -0.2) is 9.91 Å². The molecule has 0 spiro atoms. The Morgan fingerprint density at radius 3 is 2.82 bits per heavy atom. The second kappa shape index (κ2) is 2.91. The summed E-state index contributed by atoms with van der Waals surface area (Å²) in [6.07, 6.45) is 1.16. The lowest BCUT2D eigenvalue weighted by molar-refractivity contribution is -0.387. The monoisotopic (exact) mass is 220 g/mol. The van der Waals surface area contributed by atoms with Gasteiger partial charge in [-0.05, 0) is 15.9 Å². The predicted octanol–water partition coefficient (Wildman–Crippen LogP) is 1.89. The molecule has 0 bridgehead atoms. The van der Waals surface area contributed by atoms with E-state index in [4.69, 9.17) is 0 Å². The van der Waals surface area contributed by atoms with E-state index in [-0.39, 0.29) is 4.60 Å². The lowest BCUT2D eigenvalue weighted by Gasteiger charge is -1.93. The first-order valence-corrected chi connectivity index (χ1v) is 3.36. The van der Waals surface area contributed by atoms with Gasteiger partial charge in [0.1, 0.15) is 4.60 Å². The van der Waals surface area contributed by atoms with Crippen LogP contribution >= 0.6 is 15.9 Å². The maximum absolute atomic E-state index is 12.7. The molecule has 0 aromatic carbocycles. The van der Waals surface area contributed by atoms with Crippen molar-refractivity contribution >= 4 is 21.6 Å². The maximum Gasteiger partial charge on any atom is 0.309 e. The van der Waals surface area contributed by atoms with E-state index in [0.29, 0.717) is 0 Å². The summed E-state index contributed by atoms with van der Waals surface area (Å²) in [5.41, 5.74) is -0.577. The van der Waals surface area contributed by atoms with Gasteiger partial charge in [-0.15, -0.1) is 0 Å². The average Bonchev–Trinajstić information content (AvgIpc) is 1.94. The topological polar surface area (TPSA) is 56.0 Å². The van der Waals surface area contributed by atoms with Gasteiger partial charge in [-0.3, -0.25) is 10.1 Å². The van der Waals surface area contributed by atoms with Crippen molar-refractivity contribution in [3.8, 4) is 0 Å². The number of hydrogen-bond donors (Lipinski definition) is 0. The molecule has 6 heteroatoms. The number of halogens is 2. The minimum Gasteiger partial charge on any atom is -0.258 e. The van der Waals surface area contributed by atoms with Crippen LogP contribution in [0.4, 0.5) is 10.1 Å². The molecule has 0 aliphatic rings. The summed E-state index contributed by atoms with van der Waals surface area (Å²) in [5.74, 6) is -0.947. The second-order valence-corrected chi connectivity index (χ2v) is 2.44. The normalized spacial score (nSPS) is 9.64. The van der Waals surface area contributed by atoms with Crippen LogP contribution in [0.25, 0.3) is 0 Å². The zero-order valence-corrected chi connectivity index (χ0v) is 6.71. The van der Waals surface area contributed by atoms with Gasteiger partial charge >= 0.3 is 5.69 Å². The molecule has 0 radical (unpaired) electrons. The Hall–Kier alpha value is -1.04. The number of pyridine rings is 1. The highest BCUT2D eigenvalue weighted by Gasteiger charge is 2.16. The highest BCUT2D eigenvalue weighted by atomic mass is 79.9. The molecule has 1 rings (SSSR count). The van der Waals surface area contributed by atoms with Crippen molar-refractivity contribution in [1.29, 1.82) is 0 Å². The molecule has 1 heterocycles. The molecule has 1 aromatic heterocycles. The van der Waals surface area contributed by atoms with Crippen LogP contribution in [0.2, 0.25) is 0 Å². The molecule has 0 saturated heterocycles. The van der Waals surface area contributed by atoms with Crippen molar-refractivity contribution in [2.45, 2.75) is 0 Å². The summed E-state index contributed by atoms with van der Waals surface area (Å²) in [6.45, 7) is 0. The van der Waals surface area contributed by atoms with E-state index in [9.17, 15) is 14.5 Å². The summed E-state index contributed by atoms with van der Waals surface area (Å²) in [7, 11) is 0. The van der Waals surface area contributed by atoms with E-state index in [1.807, 2.05) is 0 Å². The van der Waals surface area contributed by atoms with Gasteiger partial charge in [-0.2, -0.15) is 4.39 Å². The Morgan fingerprint density at radius 2 is 2.36 bits per heavy atom. The first-order chi connectivity index (χ1) is 5.13. The van der Waals surface area contributed by atoms with Gasteiger partial charge < -0.3 is 0 Å². The van der Waals surface area contributed by atoms with Crippen molar-refractivity contribution < 1.29 is 9.31 Å². The van der Waals surface area contributed by atoms with Crippen molar-refractivity contribution in [2.24, 2.45) is 0 Å². The summed E-state index contributed by atoms with van der Waals surface area (Å²) >= 11 is 2.72. The largest absolute Gasteiger partial charge is 0.309 e. The molecule has 0 atom stereocenters. The van der Waals surface area contributed by atoms with E-state index >= 15 is 0 Å². The third-order valence-corrected chi connectivity index (χ3v) is 1.58. The van der Waals surface area contributed by atoms with Gasteiger partial charge in [0.2, 0.25) is 5.82 Å². The number of nitro groups is 1. The van der Waals surface area contributed by atoms with Gasteiger partial charge in [0.05, 0.1) is 4.92 Å². The second-order valence-electron chi connectivity index (χ2n) is 1.69. The average molecular weight is 221 g/mol. The minimum atomic E-state index is -0.947. The third kappa shape index (κ3) is 1.51. The van der Waals surface area contributed by atoms with Crippen molar-refractivity contribution in [2.75, 3.05) is 0 Å². The summed E-state index contributed by atoms with van der Waals surface area (Å²) in [5, 5.41) is 10.1. The van der Waals surface area contributed by atoms with Crippen molar-refractivity contribution in [1.82, 2.24) is 4.98 Å². The zero-order chi connectivity index (χ0) is 8.43. The molecule has 0 aliphatic heterocycles. The fraction of sp³-hybridized carbons (Fsp3) is 0. The van der Waals surface area contributed by atoms with Gasteiger partial charge in [0.25, 0.3) is 0 Å². The molecule has 1 aromatic rings.